The molecule has 7 heteroatoms. The summed E-state index contributed by atoms with van der Waals surface area (Å²) in [4.78, 5) is 36.8. The first-order valence-corrected chi connectivity index (χ1v) is 9.08. The van der Waals surface area contributed by atoms with Gasteiger partial charge >= 0.3 is 0 Å². The molecule has 138 valence electrons. The number of nitrogens with one attached hydrogen (secondary N) is 1. The fourth-order valence-corrected chi connectivity index (χ4v) is 3.57. The number of hydrogen-bond donors (Lipinski definition) is 1. The van der Waals surface area contributed by atoms with E-state index in [2.05, 4.69) is 19.5 Å². The third-order valence-corrected chi connectivity index (χ3v) is 5.03. The minimum atomic E-state index is -0.203. The van der Waals surface area contributed by atoms with Crippen LogP contribution >= 0.6 is 0 Å². The van der Waals surface area contributed by atoms with Crippen LogP contribution in [-0.2, 0) is 6.54 Å². The highest BCUT2D eigenvalue weighted by molar-refractivity contribution is 5.93. The standard InChI is InChI=1S/C20H21N5O2/c26-18-2-1-17(13-23-18)20(27)24-10-5-16(6-11-24)19-22-9-12-25(19)14-15-3-7-21-8-4-15/h1-4,7-9,12-13,16H,5-6,10-11,14H2,(H,23,26). The van der Waals surface area contributed by atoms with Gasteiger partial charge in [0.15, 0.2) is 0 Å². The number of pyridine rings is 2. The number of amides is 1. The van der Waals surface area contributed by atoms with E-state index < -0.39 is 0 Å². The molecule has 0 aliphatic carbocycles. The minimum absolute atomic E-state index is 0.0372. The van der Waals surface area contributed by atoms with Gasteiger partial charge in [-0.25, -0.2) is 4.98 Å². The van der Waals surface area contributed by atoms with Crippen molar-refractivity contribution in [3.05, 3.63) is 82.6 Å². The van der Waals surface area contributed by atoms with Crippen molar-refractivity contribution in [3.63, 3.8) is 0 Å². The lowest BCUT2D eigenvalue weighted by Crippen LogP contribution is -2.38. The highest BCUT2D eigenvalue weighted by Gasteiger charge is 2.27. The number of aromatic amines is 1. The van der Waals surface area contributed by atoms with Gasteiger partial charge in [-0.2, -0.15) is 0 Å². The molecule has 0 unspecified atom stereocenters. The van der Waals surface area contributed by atoms with Gasteiger partial charge in [0.05, 0.1) is 5.56 Å². The second kappa shape index (κ2) is 7.57. The van der Waals surface area contributed by atoms with Gasteiger partial charge in [0.1, 0.15) is 5.82 Å². The molecule has 1 N–H and O–H groups in total. The smallest absolute Gasteiger partial charge is 0.255 e. The monoisotopic (exact) mass is 363 g/mol. The van der Waals surface area contributed by atoms with Crippen molar-refractivity contribution in [1.82, 2.24) is 24.4 Å². The van der Waals surface area contributed by atoms with Gasteiger partial charge in [-0.1, -0.05) is 0 Å². The molecule has 4 rings (SSSR count). The Hall–Kier alpha value is -3.22. The third-order valence-electron chi connectivity index (χ3n) is 5.03. The molecule has 4 heterocycles. The van der Waals surface area contributed by atoms with E-state index in [0.717, 1.165) is 25.2 Å². The largest absolute Gasteiger partial charge is 0.339 e. The van der Waals surface area contributed by atoms with Crippen LogP contribution in [-0.4, -0.2) is 43.4 Å². The van der Waals surface area contributed by atoms with Crippen LogP contribution in [0.1, 0.15) is 40.5 Å². The fraction of sp³-hybridized carbons (Fsp3) is 0.300. The minimum Gasteiger partial charge on any atom is -0.339 e. The first kappa shape index (κ1) is 17.2. The number of carbonyl (C=O) groups is 1. The Kier molecular flexibility index (Phi) is 4.82. The van der Waals surface area contributed by atoms with Crippen LogP contribution in [0.15, 0.2) is 60.0 Å². The number of hydrogen-bond acceptors (Lipinski definition) is 4. The van der Waals surface area contributed by atoms with Crippen molar-refractivity contribution in [3.8, 4) is 0 Å². The number of piperidine rings is 1. The topological polar surface area (TPSA) is 83.9 Å². The Balaban J connectivity index is 1.41. The molecule has 0 aromatic carbocycles. The highest BCUT2D eigenvalue weighted by Crippen LogP contribution is 2.28. The lowest BCUT2D eigenvalue weighted by molar-refractivity contribution is 0.0710. The van der Waals surface area contributed by atoms with E-state index >= 15 is 0 Å². The average Bonchev–Trinajstić information content (AvgIpc) is 3.17. The summed E-state index contributed by atoms with van der Waals surface area (Å²) in [6.07, 6.45) is 10.7. The molecule has 0 bridgehead atoms. The van der Waals surface area contributed by atoms with Gasteiger partial charge in [0.2, 0.25) is 5.56 Å². The zero-order valence-electron chi connectivity index (χ0n) is 14.9. The Bertz CT molecular complexity index is 951. The lowest BCUT2D eigenvalue weighted by atomic mass is 9.95. The van der Waals surface area contributed by atoms with Crippen LogP contribution < -0.4 is 5.56 Å². The molecule has 1 aliphatic heterocycles. The molecular weight excluding hydrogens is 342 g/mol. The summed E-state index contributed by atoms with van der Waals surface area (Å²) in [6.45, 7) is 2.14. The zero-order chi connectivity index (χ0) is 18.6. The van der Waals surface area contributed by atoms with E-state index in [0.29, 0.717) is 24.6 Å². The maximum Gasteiger partial charge on any atom is 0.255 e. The van der Waals surface area contributed by atoms with Crippen molar-refractivity contribution in [2.75, 3.05) is 13.1 Å². The van der Waals surface area contributed by atoms with Crippen molar-refractivity contribution in [2.45, 2.75) is 25.3 Å². The highest BCUT2D eigenvalue weighted by atomic mass is 16.2. The average molecular weight is 363 g/mol. The predicted molar refractivity (Wildman–Crippen MR) is 101 cm³/mol. The molecule has 1 fully saturated rings. The molecule has 1 amide bonds. The molecule has 7 nitrogen and oxygen atoms in total. The van der Waals surface area contributed by atoms with Crippen molar-refractivity contribution >= 4 is 5.91 Å². The summed E-state index contributed by atoms with van der Waals surface area (Å²) in [5.41, 5.74) is 1.51. The van der Waals surface area contributed by atoms with E-state index in [1.165, 1.54) is 17.8 Å². The third kappa shape index (κ3) is 3.81. The molecule has 3 aromatic rings. The van der Waals surface area contributed by atoms with Gasteiger partial charge < -0.3 is 14.5 Å². The number of aromatic nitrogens is 4. The molecule has 0 radical (unpaired) electrons. The zero-order valence-corrected chi connectivity index (χ0v) is 14.9. The van der Waals surface area contributed by atoms with E-state index in [1.54, 1.807) is 18.5 Å². The summed E-state index contributed by atoms with van der Waals surface area (Å²) in [7, 11) is 0. The van der Waals surface area contributed by atoms with Gasteiger partial charge in [-0.15, -0.1) is 0 Å². The van der Waals surface area contributed by atoms with E-state index in [9.17, 15) is 9.59 Å². The van der Waals surface area contributed by atoms with Gasteiger partial charge in [0, 0.05) is 62.6 Å². The lowest BCUT2D eigenvalue weighted by Gasteiger charge is -2.32. The molecule has 27 heavy (non-hydrogen) atoms. The van der Waals surface area contributed by atoms with Crippen molar-refractivity contribution in [2.24, 2.45) is 0 Å². The summed E-state index contributed by atoms with van der Waals surface area (Å²) in [5, 5.41) is 0. The van der Waals surface area contributed by atoms with Crippen LogP contribution in [0.2, 0.25) is 0 Å². The second-order valence-electron chi connectivity index (χ2n) is 6.78. The van der Waals surface area contributed by atoms with Gasteiger partial charge in [0.25, 0.3) is 5.91 Å². The molecule has 3 aromatic heterocycles. The SMILES string of the molecule is O=C(c1ccc(=O)[nH]c1)N1CCC(c2nccn2Cc2ccncc2)CC1. The van der Waals surface area contributed by atoms with Crippen LogP contribution in [0, 0.1) is 0 Å². The number of H-pyrrole nitrogens is 1. The van der Waals surface area contributed by atoms with E-state index in [4.69, 9.17) is 0 Å². The first-order chi connectivity index (χ1) is 13.2. The van der Waals surface area contributed by atoms with Crippen LogP contribution in [0.5, 0.6) is 0 Å². The second-order valence-corrected chi connectivity index (χ2v) is 6.78. The summed E-state index contributed by atoms with van der Waals surface area (Å²) < 4.78 is 2.18. The first-order valence-electron chi connectivity index (χ1n) is 9.08. The van der Waals surface area contributed by atoms with Crippen LogP contribution in [0.4, 0.5) is 0 Å². The number of nitrogens with zero attached hydrogens (tertiary/aromatic N) is 4. The maximum absolute atomic E-state index is 12.6. The summed E-state index contributed by atoms with van der Waals surface area (Å²) in [6, 6.07) is 6.98. The number of rotatable bonds is 4. The molecule has 0 spiro atoms. The summed E-state index contributed by atoms with van der Waals surface area (Å²) >= 11 is 0. The van der Waals surface area contributed by atoms with Gasteiger partial charge in [-0.05, 0) is 36.6 Å². The number of imidazole rings is 1. The van der Waals surface area contributed by atoms with E-state index in [-0.39, 0.29) is 11.5 Å². The molecule has 1 aliphatic rings. The molecule has 0 saturated carbocycles. The summed E-state index contributed by atoms with van der Waals surface area (Å²) in [5.74, 6) is 1.37. The van der Waals surface area contributed by atoms with Gasteiger partial charge in [-0.3, -0.25) is 14.6 Å². The Morgan fingerprint density at radius 3 is 2.59 bits per heavy atom. The molecule has 0 atom stereocenters. The van der Waals surface area contributed by atoms with Crippen molar-refractivity contribution < 1.29 is 4.79 Å². The Morgan fingerprint density at radius 1 is 1.11 bits per heavy atom. The number of carbonyl (C=O) groups excluding carboxylic acids is 1. The Morgan fingerprint density at radius 2 is 1.89 bits per heavy atom. The molecule has 1 saturated heterocycles. The normalized spacial score (nSPS) is 15.0. The van der Waals surface area contributed by atoms with Crippen LogP contribution in [0.25, 0.3) is 0 Å². The Labute approximate surface area is 156 Å². The van der Waals surface area contributed by atoms with E-state index in [1.807, 2.05) is 29.4 Å². The fourth-order valence-electron chi connectivity index (χ4n) is 3.57. The quantitative estimate of drug-likeness (QED) is 0.769. The predicted octanol–water partition coefficient (Wildman–Crippen LogP) is 2.03. The molecular formula is C20H21N5O2. The maximum atomic E-state index is 12.6. The number of likely N-dealkylation sites (tertiary alicyclic amines) is 1. The van der Waals surface area contributed by atoms with Crippen molar-refractivity contribution in [1.29, 1.82) is 0 Å². The van der Waals surface area contributed by atoms with Crippen LogP contribution in [0.3, 0.4) is 0 Å².